The highest BCUT2D eigenvalue weighted by Crippen LogP contribution is 2.30. The van der Waals surface area contributed by atoms with E-state index in [0.29, 0.717) is 10.6 Å². The molecule has 0 spiro atoms. The van der Waals surface area contributed by atoms with Crippen molar-refractivity contribution in [2.24, 2.45) is 0 Å². The first-order valence-corrected chi connectivity index (χ1v) is 7.20. The third kappa shape index (κ3) is 3.89. The lowest BCUT2D eigenvalue weighted by Gasteiger charge is -2.16. The number of halogens is 1. The average Bonchev–Trinajstić information content (AvgIpc) is 2.52. The number of methoxy groups -OCH3 is 1. The Bertz CT molecular complexity index is 690. The van der Waals surface area contributed by atoms with Gasteiger partial charge in [0.2, 0.25) is 0 Å². The Kier molecular flexibility index (Phi) is 5.23. The van der Waals surface area contributed by atoms with Crippen molar-refractivity contribution in [2.45, 2.75) is 12.8 Å². The van der Waals surface area contributed by atoms with Gasteiger partial charge in [0.15, 0.2) is 0 Å². The number of allylic oxidation sites excluding steroid dienone is 1. The molecule has 0 saturated heterocycles. The zero-order valence-corrected chi connectivity index (χ0v) is 13.2. The number of hydrogen-bond donors (Lipinski definition) is 1. The van der Waals surface area contributed by atoms with E-state index in [9.17, 15) is 4.79 Å². The molecular weight excluding hydrogens is 300 g/mol. The van der Waals surface area contributed by atoms with E-state index in [-0.39, 0.29) is 5.92 Å². The minimum atomic E-state index is -0.930. The summed E-state index contributed by atoms with van der Waals surface area (Å²) < 4.78 is 5.16. The summed E-state index contributed by atoms with van der Waals surface area (Å²) in [5.41, 5.74) is 2.21. The van der Waals surface area contributed by atoms with Gasteiger partial charge in [0.1, 0.15) is 5.75 Å². The predicted octanol–water partition coefficient (Wildman–Crippen LogP) is 4.51. The third-order valence-corrected chi connectivity index (χ3v) is 3.67. The summed E-state index contributed by atoms with van der Waals surface area (Å²) in [5.74, 6) is -0.353. The van der Waals surface area contributed by atoms with Crippen molar-refractivity contribution >= 4 is 17.6 Å². The van der Waals surface area contributed by atoms with Gasteiger partial charge in [-0.2, -0.15) is 0 Å². The molecule has 114 valence electrons. The Labute approximate surface area is 134 Å². The normalized spacial score (nSPS) is 12.8. The molecule has 0 aliphatic rings. The molecule has 1 unspecified atom stereocenters. The molecule has 3 nitrogen and oxygen atoms in total. The smallest absolute Gasteiger partial charge is 0.330 e. The second-order valence-corrected chi connectivity index (χ2v) is 5.40. The summed E-state index contributed by atoms with van der Waals surface area (Å²) >= 11 is 6.07. The molecule has 0 fully saturated rings. The number of carboxylic acid groups (broad SMARTS) is 1. The minimum Gasteiger partial charge on any atom is -0.497 e. The van der Waals surface area contributed by atoms with Crippen molar-refractivity contribution in [2.75, 3.05) is 7.11 Å². The molecule has 0 aliphatic carbocycles. The van der Waals surface area contributed by atoms with Crippen LogP contribution in [-0.2, 0) is 4.79 Å². The molecule has 4 heteroatoms. The summed E-state index contributed by atoms with van der Waals surface area (Å²) in [4.78, 5) is 11.2. The highest BCUT2D eigenvalue weighted by Gasteiger charge is 2.14. The van der Waals surface area contributed by atoms with E-state index in [0.717, 1.165) is 16.9 Å². The van der Waals surface area contributed by atoms with Gasteiger partial charge < -0.3 is 9.84 Å². The van der Waals surface area contributed by atoms with E-state index in [1.54, 1.807) is 26.2 Å². The van der Waals surface area contributed by atoms with Crippen molar-refractivity contribution in [1.82, 2.24) is 0 Å². The zero-order valence-electron chi connectivity index (χ0n) is 12.4. The molecule has 0 aliphatic heterocycles. The van der Waals surface area contributed by atoms with Crippen LogP contribution in [0.15, 0.2) is 60.2 Å². The molecule has 22 heavy (non-hydrogen) atoms. The van der Waals surface area contributed by atoms with Gasteiger partial charge in [-0.15, -0.1) is 0 Å². The van der Waals surface area contributed by atoms with Crippen LogP contribution < -0.4 is 4.74 Å². The van der Waals surface area contributed by atoms with Gasteiger partial charge in [0.25, 0.3) is 0 Å². The van der Waals surface area contributed by atoms with Crippen LogP contribution in [0.5, 0.6) is 5.75 Å². The highest BCUT2D eigenvalue weighted by atomic mass is 35.5. The Balaban J connectivity index is 2.49. The maximum absolute atomic E-state index is 11.2. The van der Waals surface area contributed by atoms with Crippen molar-refractivity contribution in [1.29, 1.82) is 0 Å². The van der Waals surface area contributed by atoms with Gasteiger partial charge in [0.05, 0.1) is 7.11 Å². The van der Waals surface area contributed by atoms with E-state index in [1.165, 1.54) is 0 Å². The number of rotatable bonds is 5. The summed E-state index contributed by atoms with van der Waals surface area (Å²) in [6, 6.07) is 15.0. The summed E-state index contributed by atoms with van der Waals surface area (Å²) in [6.07, 6.45) is 1.73. The van der Waals surface area contributed by atoms with Gasteiger partial charge in [-0.1, -0.05) is 41.9 Å². The van der Waals surface area contributed by atoms with Crippen LogP contribution in [0.3, 0.4) is 0 Å². The van der Waals surface area contributed by atoms with E-state index in [2.05, 4.69) is 0 Å². The quantitative estimate of drug-likeness (QED) is 0.825. The van der Waals surface area contributed by atoms with Gasteiger partial charge in [-0.3, -0.25) is 0 Å². The van der Waals surface area contributed by atoms with Crippen LogP contribution in [0, 0.1) is 0 Å². The molecule has 2 rings (SSSR count). The summed E-state index contributed by atoms with van der Waals surface area (Å²) in [6.45, 7) is 1.59. The lowest BCUT2D eigenvalue weighted by Crippen LogP contribution is -2.03. The lowest BCUT2D eigenvalue weighted by atomic mass is 9.89. The van der Waals surface area contributed by atoms with Crippen molar-refractivity contribution in [3.8, 4) is 5.75 Å². The van der Waals surface area contributed by atoms with Crippen LogP contribution in [0.25, 0.3) is 0 Å². The van der Waals surface area contributed by atoms with Crippen molar-refractivity contribution in [3.63, 3.8) is 0 Å². The molecular formula is C18H17ClO3. The molecule has 0 amide bonds. The summed E-state index contributed by atoms with van der Waals surface area (Å²) in [5, 5.41) is 9.77. The standard InChI is InChI=1S/C18H17ClO3/c1-12(18(20)21)10-17(14-4-3-5-15(19)11-14)13-6-8-16(22-2)9-7-13/h3-11,17H,1-2H3,(H,20,21)/b12-10+. The third-order valence-electron chi connectivity index (χ3n) is 3.44. The first-order chi connectivity index (χ1) is 10.5. The highest BCUT2D eigenvalue weighted by molar-refractivity contribution is 6.30. The number of carboxylic acids is 1. The van der Waals surface area contributed by atoms with Gasteiger partial charge in [0, 0.05) is 16.5 Å². The minimum absolute atomic E-state index is 0.180. The molecule has 2 aromatic carbocycles. The fourth-order valence-electron chi connectivity index (χ4n) is 2.22. The fraction of sp³-hybridized carbons (Fsp3) is 0.167. The monoisotopic (exact) mass is 316 g/mol. The van der Waals surface area contributed by atoms with Crippen LogP contribution in [0.4, 0.5) is 0 Å². The maximum atomic E-state index is 11.2. The number of aliphatic carboxylic acids is 1. The molecule has 0 radical (unpaired) electrons. The molecule has 0 aromatic heterocycles. The van der Waals surface area contributed by atoms with Crippen LogP contribution >= 0.6 is 11.6 Å². The number of ether oxygens (including phenoxy) is 1. The predicted molar refractivity (Wildman–Crippen MR) is 87.7 cm³/mol. The van der Waals surface area contributed by atoms with Gasteiger partial charge in [-0.25, -0.2) is 4.79 Å². The van der Waals surface area contributed by atoms with Crippen LogP contribution in [-0.4, -0.2) is 18.2 Å². The van der Waals surface area contributed by atoms with Crippen LogP contribution in [0.2, 0.25) is 5.02 Å². The second-order valence-electron chi connectivity index (χ2n) is 4.96. The molecule has 0 saturated carbocycles. The van der Waals surface area contributed by atoms with E-state index < -0.39 is 5.97 Å². The van der Waals surface area contributed by atoms with E-state index in [1.807, 2.05) is 42.5 Å². The molecule has 0 heterocycles. The SMILES string of the molecule is COc1ccc(C(/C=C(\C)C(=O)O)c2cccc(Cl)c2)cc1. The topological polar surface area (TPSA) is 46.5 Å². The van der Waals surface area contributed by atoms with Gasteiger partial charge in [-0.05, 0) is 42.3 Å². The first kappa shape index (κ1) is 16.1. The fourth-order valence-corrected chi connectivity index (χ4v) is 2.42. The lowest BCUT2D eigenvalue weighted by molar-refractivity contribution is -0.132. The Morgan fingerprint density at radius 2 is 1.86 bits per heavy atom. The zero-order chi connectivity index (χ0) is 16.1. The summed E-state index contributed by atoms with van der Waals surface area (Å²) in [7, 11) is 1.61. The Hall–Kier alpha value is -2.26. The first-order valence-electron chi connectivity index (χ1n) is 6.82. The Morgan fingerprint density at radius 1 is 1.18 bits per heavy atom. The van der Waals surface area contributed by atoms with Crippen molar-refractivity contribution in [3.05, 3.63) is 76.3 Å². The molecule has 1 atom stereocenters. The Morgan fingerprint density at radius 3 is 2.41 bits per heavy atom. The van der Waals surface area contributed by atoms with Crippen LogP contribution in [0.1, 0.15) is 24.0 Å². The average molecular weight is 317 g/mol. The number of hydrogen-bond acceptors (Lipinski definition) is 2. The maximum Gasteiger partial charge on any atom is 0.330 e. The molecule has 2 aromatic rings. The van der Waals surface area contributed by atoms with E-state index in [4.69, 9.17) is 21.4 Å². The molecule has 1 N–H and O–H groups in total. The second kappa shape index (κ2) is 7.14. The van der Waals surface area contributed by atoms with Crippen molar-refractivity contribution < 1.29 is 14.6 Å². The largest absolute Gasteiger partial charge is 0.497 e. The number of benzene rings is 2. The number of carbonyl (C=O) groups is 1. The van der Waals surface area contributed by atoms with E-state index >= 15 is 0 Å². The molecule has 0 bridgehead atoms. The van der Waals surface area contributed by atoms with Gasteiger partial charge >= 0.3 is 5.97 Å².